The highest BCUT2D eigenvalue weighted by atomic mass is 16.5. The van der Waals surface area contributed by atoms with E-state index in [-0.39, 0.29) is 17.2 Å². The van der Waals surface area contributed by atoms with Crippen molar-refractivity contribution in [2.45, 2.75) is 46.2 Å². The number of H-pyrrole nitrogens is 1. The third-order valence-corrected chi connectivity index (χ3v) is 6.20. The molecule has 0 atom stereocenters. The van der Waals surface area contributed by atoms with Crippen LogP contribution >= 0.6 is 0 Å². The highest BCUT2D eigenvalue weighted by Crippen LogP contribution is 2.24. The molecule has 0 saturated heterocycles. The van der Waals surface area contributed by atoms with Gasteiger partial charge in [-0.15, -0.1) is 0 Å². The molecule has 0 spiro atoms. The number of nitrogens with one attached hydrogen (secondary N) is 1. The number of amides is 1. The minimum absolute atomic E-state index is 0.229. The molecular weight excluding hydrogens is 472 g/mol. The van der Waals surface area contributed by atoms with Gasteiger partial charge in [-0.05, 0) is 43.2 Å². The SMILES string of the molecule is CCCCn1c(=O)c2[nH]c(-c3ccc(N(CCOC)C(=O)c4cccnc4)nc3)cc2n(CCC)c1=O. The van der Waals surface area contributed by atoms with E-state index in [4.69, 9.17) is 4.74 Å². The Labute approximate surface area is 214 Å². The maximum Gasteiger partial charge on any atom is 0.331 e. The number of carbonyl (C=O) groups excluding carboxylic acids is 1. The van der Waals surface area contributed by atoms with Gasteiger partial charge in [0.15, 0.2) is 0 Å². The van der Waals surface area contributed by atoms with Gasteiger partial charge in [-0.25, -0.2) is 9.78 Å². The monoisotopic (exact) mass is 504 g/mol. The van der Waals surface area contributed by atoms with Gasteiger partial charge in [0.2, 0.25) is 0 Å². The zero-order chi connectivity index (χ0) is 26.4. The summed E-state index contributed by atoms with van der Waals surface area (Å²) in [5.74, 6) is 0.239. The average Bonchev–Trinajstić information content (AvgIpc) is 3.38. The number of ether oxygens (including phenoxy) is 1. The Balaban J connectivity index is 1.72. The van der Waals surface area contributed by atoms with Gasteiger partial charge < -0.3 is 9.72 Å². The molecule has 10 nitrogen and oxygen atoms in total. The highest BCUT2D eigenvalue weighted by molar-refractivity contribution is 6.05. The van der Waals surface area contributed by atoms with Gasteiger partial charge in [0.1, 0.15) is 11.3 Å². The van der Waals surface area contributed by atoms with Crippen molar-refractivity contribution in [3.05, 3.63) is 75.3 Å². The molecule has 0 unspecified atom stereocenters. The number of carbonyl (C=O) groups is 1. The quantitative estimate of drug-likeness (QED) is 0.335. The first-order valence-electron chi connectivity index (χ1n) is 12.5. The molecule has 0 fully saturated rings. The summed E-state index contributed by atoms with van der Waals surface area (Å²) < 4.78 is 8.17. The normalized spacial score (nSPS) is 11.2. The third kappa shape index (κ3) is 5.39. The number of aryl methyl sites for hydroxylation is 1. The van der Waals surface area contributed by atoms with E-state index in [9.17, 15) is 14.4 Å². The van der Waals surface area contributed by atoms with Crippen LogP contribution in [0, 0.1) is 0 Å². The minimum Gasteiger partial charge on any atom is -0.383 e. The summed E-state index contributed by atoms with van der Waals surface area (Å²) in [7, 11) is 1.58. The summed E-state index contributed by atoms with van der Waals surface area (Å²) in [6.07, 6.45) is 7.18. The number of methoxy groups -OCH3 is 1. The molecule has 1 amide bonds. The molecular formula is C27H32N6O4. The van der Waals surface area contributed by atoms with Crippen LogP contribution in [0.1, 0.15) is 43.5 Å². The van der Waals surface area contributed by atoms with Crippen LogP contribution in [0.15, 0.2) is 58.5 Å². The van der Waals surface area contributed by atoms with Crippen LogP contribution in [0.3, 0.4) is 0 Å². The Bertz CT molecular complexity index is 1470. The van der Waals surface area contributed by atoms with Gasteiger partial charge in [0.05, 0.1) is 24.2 Å². The van der Waals surface area contributed by atoms with Crippen molar-refractivity contribution < 1.29 is 9.53 Å². The number of rotatable bonds is 11. The van der Waals surface area contributed by atoms with Crippen molar-refractivity contribution in [2.75, 3.05) is 25.2 Å². The summed E-state index contributed by atoms with van der Waals surface area (Å²) in [6, 6.07) is 8.82. The lowest BCUT2D eigenvalue weighted by Crippen LogP contribution is -2.40. The first-order chi connectivity index (χ1) is 18.0. The topological polar surface area (TPSA) is 115 Å². The predicted molar refractivity (Wildman–Crippen MR) is 143 cm³/mol. The van der Waals surface area contributed by atoms with Gasteiger partial charge in [0, 0.05) is 50.0 Å². The number of nitrogens with zero attached hydrogens (tertiary/aromatic N) is 5. The fourth-order valence-electron chi connectivity index (χ4n) is 4.25. The van der Waals surface area contributed by atoms with E-state index < -0.39 is 0 Å². The van der Waals surface area contributed by atoms with Crippen molar-refractivity contribution in [2.24, 2.45) is 0 Å². The van der Waals surface area contributed by atoms with Crippen LogP contribution < -0.4 is 16.1 Å². The van der Waals surface area contributed by atoms with E-state index in [1.807, 2.05) is 26.0 Å². The number of pyridine rings is 2. The molecule has 0 radical (unpaired) electrons. The molecule has 4 rings (SSSR count). The minimum atomic E-state index is -0.315. The number of fused-ring (bicyclic) bond motifs is 1. The predicted octanol–water partition coefficient (Wildman–Crippen LogP) is 3.45. The summed E-state index contributed by atoms with van der Waals surface area (Å²) in [5, 5.41) is 0. The lowest BCUT2D eigenvalue weighted by Gasteiger charge is -2.21. The molecule has 194 valence electrons. The zero-order valence-electron chi connectivity index (χ0n) is 21.4. The van der Waals surface area contributed by atoms with Crippen molar-refractivity contribution in [1.82, 2.24) is 24.1 Å². The molecule has 0 aliphatic carbocycles. The largest absolute Gasteiger partial charge is 0.383 e. The first kappa shape index (κ1) is 26.0. The van der Waals surface area contributed by atoms with Gasteiger partial charge in [-0.3, -0.25) is 28.6 Å². The Morgan fingerprint density at radius 2 is 1.92 bits per heavy atom. The zero-order valence-corrected chi connectivity index (χ0v) is 21.4. The number of aromatic amines is 1. The van der Waals surface area contributed by atoms with E-state index in [0.717, 1.165) is 24.8 Å². The lowest BCUT2D eigenvalue weighted by molar-refractivity contribution is 0.0974. The molecule has 0 aliphatic rings. The molecule has 4 aromatic rings. The first-order valence-corrected chi connectivity index (χ1v) is 12.5. The van der Waals surface area contributed by atoms with Gasteiger partial charge >= 0.3 is 5.69 Å². The van der Waals surface area contributed by atoms with Crippen molar-refractivity contribution >= 4 is 22.8 Å². The summed E-state index contributed by atoms with van der Waals surface area (Å²) in [4.78, 5) is 52.7. The number of unbranched alkanes of at least 4 members (excludes halogenated alkanes) is 1. The molecule has 0 aromatic carbocycles. The second-order valence-corrected chi connectivity index (χ2v) is 8.78. The van der Waals surface area contributed by atoms with Crippen LogP contribution in [-0.4, -0.2) is 50.3 Å². The van der Waals surface area contributed by atoms with Crippen LogP contribution in [0.4, 0.5) is 5.82 Å². The van der Waals surface area contributed by atoms with Crippen LogP contribution in [0.25, 0.3) is 22.3 Å². The average molecular weight is 505 g/mol. The summed E-state index contributed by atoms with van der Waals surface area (Å²) in [5.41, 5.74) is 2.24. The lowest BCUT2D eigenvalue weighted by atomic mass is 10.2. The maximum atomic E-state index is 13.2. The highest BCUT2D eigenvalue weighted by Gasteiger charge is 2.20. The Hall–Kier alpha value is -4.05. The van der Waals surface area contributed by atoms with Gasteiger partial charge in [0.25, 0.3) is 11.5 Å². The van der Waals surface area contributed by atoms with E-state index in [2.05, 4.69) is 15.0 Å². The number of hydrogen-bond donors (Lipinski definition) is 1. The Morgan fingerprint density at radius 1 is 1.08 bits per heavy atom. The van der Waals surface area contributed by atoms with Crippen LogP contribution in [0.5, 0.6) is 0 Å². The molecule has 1 N–H and O–H groups in total. The van der Waals surface area contributed by atoms with Gasteiger partial charge in [-0.1, -0.05) is 20.3 Å². The second-order valence-electron chi connectivity index (χ2n) is 8.78. The number of aromatic nitrogens is 5. The Morgan fingerprint density at radius 3 is 2.57 bits per heavy atom. The fraction of sp³-hybridized carbons (Fsp3) is 0.370. The molecule has 0 saturated carbocycles. The standard InChI is InChI=1S/C27H32N6O4/c1-4-6-13-33-26(35)24-22(31(12-5-2)27(33)36)16-21(30-24)19-9-10-23(29-18-19)32(14-15-37-3)25(34)20-8-7-11-28-17-20/h7-11,16-18,30H,4-6,12-15H2,1-3H3. The van der Waals surface area contributed by atoms with E-state index in [1.54, 1.807) is 47.2 Å². The van der Waals surface area contributed by atoms with E-state index in [1.165, 1.54) is 10.8 Å². The fourth-order valence-corrected chi connectivity index (χ4v) is 4.25. The molecule has 0 aliphatic heterocycles. The second kappa shape index (κ2) is 11.8. The molecule has 4 heterocycles. The molecule has 4 aromatic heterocycles. The number of hydrogen-bond acceptors (Lipinski definition) is 6. The van der Waals surface area contributed by atoms with Crippen molar-refractivity contribution in [3.63, 3.8) is 0 Å². The molecule has 0 bridgehead atoms. The van der Waals surface area contributed by atoms with E-state index in [0.29, 0.717) is 54.3 Å². The maximum absolute atomic E-state index is 13.2. The smallest absolute Gasteiger partial charge is 0.331 e. The summed E-state index contributed by atoms with van der Waals surface area (Å²) >= 11 is 0. The third-order valence-electron chi connectivity index (χ3n) is 6.20. The van der Waals surface area contributed by atoms with Crippen LogP contribution in [0.2, 0.25) is 0 Å². The Kier molecular flexibility index (Phi) is 8.29. The summed E-state index contributed by atoms with van der Waals surface area (Å²) in [6.45, 7) is 5.60. The van der Waals surface area contributed by atoms with Crippen molar-refractivity contribution in [1.29, 1.82) is 0 Å². The number of anilines is 1. The molecule has 37 heavy (non-hydrogen) atoms. The molecule has 10 heteroatoms. The van der Waals surface area contributed by atoms with Gasteiger partial charge in [-0.2, -0.15) is 0 Å². The van der Waals surface area contributed by atoms with Crippen LogP contribution in [-0.2, 0) is 17.8 Å². The van der Waals surface area contributed by atoms with Crippen molar-refractivity contribution in [3.8, 4) is 11.3 Å². The van der Waals surface area contributed by atoms with E-state index >= 15 is 0 Å².